The Labute approximate surface area is 144 Å². The highest BCUT2D eigenvalue weighted by atomic mass is 16.5. The first-order chi connectivity index (χ1) is 11.6. The number of guanidine groups is 1. The van der Waals surface area contributed by atoms with Gasteiger partial charge in [0.1, 0.15) is 17.6 Å². The highest BCUT2D eigenvalue weighted by Crippen LogP contribution is 2.35. The van der Waals surface area contributed by atoms with Gasteiger partial charge in [0.25, 0.3) is 0 Å². The normalized spacial score (nSPS) is 16.6. The van der Waals surface area contributed by atoms with Crippen molar-refractivity contribution in [1.82, 2.24) is 5.32 Å². The lowest BCUT2D eigenvalue weighted by atomic mass is 10.1. The topological polar surface area (TPSA) is 78.1 Å². The second-order valence-electron chi connectivity index (χ2n) is 5.81. The van der Waals surface area contributed by atoms with Gasteiger partial charge in [-0.2, -0.15) is 0 Å². The number of benzene rings is 1. The largest absolute Gasteiger partial charge is 0.494 e. The van der Waals surface area contributed by atoms with Gasteiger partial charge in [-0.05, 0) is 39.3 Å². The van der Waals surface area contributed by atoms with Crippen LogP contribution in [0.4, 0.5) is 0 Å². The molecule has 0 bridgehead atoms. The molecular weight excluding hydrogens is 306 g/mol. The van der Waals surface area contributed by atoms with E-state index in [9.17, 15) is 0 Å². The Morgan fingerprint density at radius 2 is 2.21 bits per heavy atom. The number of hydrogen-bond acceptors (Lipinski definition) is 4. The summed E-state index contributed by atoms with van der Waals surface area (Å²) in [5.41, 5.74) is 8.11. The molecule has 24 heavy (non-hydrogen) atoms. The molecule has 0 radical (unpaired) electrons. The Morgan fingerprint density at radius 3 is 2.96 bits per heavy atom. The maximum absolute atomic E-state index is 5.92. The molecule has 3 N–H and O–H groups in total. The van der Waals surface area contributed by atoms with Gasteiger partial charge in [0.05, 0.1) is 13.2 Å². The highest BCUT2D eigenvalue weighted by Gasteiger charge is 2.21. The van der Waals surface area contributed by atoms with E-state index in [1.807, 2.05) is 19.9 Å². The van der Waals surface area contributed by atoms with Crippen molar-refractivity contribution in [2.24, 2.45) is 10.7 Å². The Balaban J connectivity index is 1.95. The molecule has 0 saturated carbocycles. The smallest absolute Gasteiger partial charge is 0.188 e. The van der Waals surface area contributed by atoms with Gasteiger partial charge in [0.2, 0.25) is 0 Å². The maximum Gasteiger partial charge on any atom is 0.188 e. The summed E-state index contributed by atoms with van der Waals surface area (Å²) >= 11 is 0. The maximum atomic E-state index is 5.92. The van der Waals surface area contributed by atoms with E-state index in [1.54, 1.807) is 0 Å². The van der Waals surface area contributed by atoms with Crippen molar-refractivity contribution < 1.29 is 14.2 Å². The summed E-state index contributed by atoms with van der Waals surface area (Å²) in [6.07, 6.45) is 2.03. The number of nitrogens with zero attached hydrogens (tertiary/aromatic N) is 1. The molecular formula is C18H29N3O3. The minimum Gasteiger partial charge on any atom is -0.494 e. The number of aliphatic imine (C=N–C) groups is 1. The molecule has 0 amide bonds. The molecule has 0 saturated heterocycles. The first-order valence-corrected chi connectivity index (χ1v) is 8.70. The molecule has 1 aliphatic heterocycles. The van der Waals surface area contributed by atoms with Crippen molar-refractivity contribution in [2.45, 2.75) is 46.3 Å². The summed E-state index contributed by atoms with van der Waals surface area (Å²) in [7, 11) is 0. The summed E-state index contributed by atoms with van der Waals surface area (Å²) in [6.45, 7) is 9.34. The fraction of sp³-hybridized carbons (Fsp3) is 0.611. The number of nitrogens with two attached hydrogens (primary N) is 1. The van der Waals surface area contributed by atoms with Gasteiger partial charge >= 0.3 is 0 Å². The number of hydrogen-bond donors (Lipinski definition) is 2. The molecule has 1 atom stereocenters. The zero-order chi connectivity index (χ0) is 17.4. The molecule has 6 nitrogen and oxygen atoms in total. The molecule has 2 rings (SSSR count). The zero-order valence-electron chi connectivity index (χ0n) is 14.9. The Kier molecular flexibility index (Phi) is 7.18. The van der Waals surface area contributed by atoms with Crippen molar-refractivity contribution in [1.29, 1.82) is 0 Å². The van der Waals surface area contributed by atoms with Gasteiger partial charge in [-0.3, -0.25) is 0 Å². The predicted molar refractivity (Wildman–Crippen MR) is 95.8 cm³/mol. The van der Waals surface area contributed by atoms with Crippen LogP contribution in [0.25, 0.3) is 0 Å². The lowest BCUT2D eigenvalue weighted by Crippen LogP contribution is -2.32. The van der Waals surface area contributed by atoms with E-state index in [4.69, 9.17) is 19.9 Å². The predicted octanol–water partition coefficient (Wildman–Crippen LogP) is 2.24. The fourth-order valence-corrected chi connectivity index (χ4v) is 2.66. The summed E-state index contributed by atoms with van der Waals surface area (Å²) in [4.78, 5) is 4.41. The van der Waals surface area contributed by atoms with Crippen LogP contribution in [0, 0.1) is 0 Å². The van der Waals surface area contributed by atoms with Gasteiger partial charge in [-0.25, -0.2) is 4.99 Å². The van der Waals surface area contributed by atoms with Crippen LogP contribution in [0.5, 0.6) is 11.5 Å². The summed E-state index contributed by atoms with van der Waals surface area (Å²) in [5, 5.41) is 3.10. The number of fused-ring (bicyclic) bond motifs is 1. The first-order valence-electron chi connectivity index (χ1n) is 8.70. The molecule has 1 heterocycles. The molecule has 0 fully saturated rings. The second-order valence-corrected chi connectivity index (χ2v) is 5.81. The molecule has 0 spiro atoms. The van der Waals surface area contributed by atoms with Gasteiger partial charge in [-0.1, -0.05) is 0 Å². The minimum absolute atomic E-state index is 0.213. The van der Waals surface area contributed by atoms with Crippen LogP contribution in [0.3, 0.4) is 0 Å². The molecule has 1 unspecified atom stereocenters. The van der Waals surface area contributed by atoms with Crippen LogP contribution >= 0.6 is 0 Å². The van der Waals surface area contributed by atoms with Gasteiger partial charge in [0, 0.05) is 37.3 Å². The van der Waals surface area contributed by atoms with Crippen molar-refractivity contribution >= 4 is 5.96 Å². The SMILES string of the molecule is CCOCCCNC(N)=NCc1cc2c(cc1OCC)CC(C)O2. The molecule has 0 aliphatic carbocycles. The third-order valence-electron chi connectivity index (χ3n) is 3.77. The van der Waals surface area contributed by atoms with E-state index < -0.39 is 0 Å². The van der Waals surface area contributed by atoms with Crippen LogP contribution in [0.15, 0.2) is 17.1 Å². The molecule has 0 aromatic heterocycles. The Morgan fingerprint density at radius 1 is 1.38 bits per heavy atom. The standard InChI is InChI=1S/C18H29N3O3/c1-4-22-8-6-7-20-18(19)21-12-15-11-17-14(9-13(3)24-17)10-16(15)23-5-2/h10-11,13H,4-9,12H2,1-3H3,(H3,19,20,21). The average Bonchev–Trinajstić information content (AvgIpc) is 2.91. The number of rotatable bonds is 9. The lowest BCUT2D eigenvalue weighted by molar-refractivity contribution is 0.145. The van der Waals surface area contributed by atoms with Crippen LogP contribution in [-0.4, -0.2) is 38.4 Å². The Hall–Kier alpha value is -1.95. The minimum atomic E-state index is 0.213. The first kappa shape index (κ1) is 18.4. The van der Waals surface area contributed by atoms with E-state index >= 15 is 0 Å². The Bertz CT molecular complexity index is 561. The van der Waals surface area contributed by atoms with Crippen LogP contribution < -0.4 is 20.5 Å². The number of ether oxygens (including phenoxy) is 3. The van der Waals surface area contributed by atoms with E-state index in [0.717, 1.165) is 49.7 Å². The van der Waals surface area contributed by atoms with Crippen molar-refractivity contribution in [3.8, 4) is 11.5 Å². The van der Waals surface area contributed by atoms with Gasteiger partial charge in [-0.15, -0.1) is 0 Å². The number of nitrogens with one attached hydrogen (secondary N) is 1. The third kappa shape index (κ3) is 5.30. The van der Waals surface area contributed by atoms with E-state index in [0.29, 0.717) is 19.1 Å². The average molecular weight is 335 g/mol. The van der Waals surface area contributed by atoms with Gasteiger partial charge < -0.3 is 25.3 Å². The quantitative estimate of drug-likeness (QED) is 0.411. The molecule has 1 aromatic rings. The van der Waals surface area contributed by atoms with Crippen LogP contribution in [0.1, 0.15) is 38.3 Å². The van der Waals surface area contributed by atoms with E-state index in [1.165, 1.54) is 5.56 Å². The summed E-state index contributed by atoms with van der Waals surface area (Å²) < 4.78 is 16.9. The van der Waals surface area contributed by atoms with Crippen LogP contribution in [-0.2, 0) is 17.7 Å². The zero-order valence-corrected chi connectivity index (χ0v) is 14.9. The van der Waals surface area contributed by atoms with E-state index in [-0.39, 0.29) is 6.10 Å². The third-order valence-corrected chi connectivity index (χ3v) is 3.77. The molecule has 1 aliphatic rings. The lowest BCUT2D eigenvalue weighted by Gasteiger charge is -2.12. The monoisotopic (exact) mass is 335 g/mol. The van der Waals surface area contributed by atoms with E-state index in [2.05, 4.69) is 23.3 Å². The highest BCUT2D eigenvalue weighted by molar-refractivity contribution is 5.77. The van der Waals surface area contributed by atoms with Crippen molar-refractivity contribution in [3.63, 3.8) is 0 Å². The second kappa shape index (κ2) is 9.37. The van der Waals surface area contributed by atoms with Crippen molar-refractivity contribution in [2.75, 3.05) is 26.4 Å². The fourth-order valence-electron chi connectivity index (χ4n) is 2.66. The summed E-state index contributed by atoms with van der Waals surface area (Å²) in [6, 6.07) is 4.09. The molecule has 134 valence electrons. The molecule has 1 aromatic carbocycles. The van der Waals surface area contributed by atoms with Crippen LogP contribution in [0.2, 0.25) is 0 Å². The summed E-state index contributed by atoms with van der Waals surface area (Å²) in [5.74, 6) is 2.23. The van der Waals surface area contributed by atoms with Gasteiger partial charge in [0.15, 0.2) is 5.96 Å². The van der Waals surface area contributed by atoms with Crippen molar-refractivity contribution in [3.05, 3.63) is 23.3 Å². The molecule has 6 heteroatoms.